The third-order valence-electron chi connectivity index (χ3n) is 3.81. The van der Waals surface area contributed by atoms with Gasteiger partial charge in [0.1, 0.15) is 30.6 Å². The van der Waals surface area contributed by atoms with Gasteiger partial charge in [-0.2, -0.15) is 5.10 Å². The quantitative estimate of drug-likeness (QED) is 0.864. The fourth-order valence-electron chi connectivity index (χ4n) is 2.52. The van der Waals surface area contributed by atoms with E-state index in [1.165, 1.54) is 29.5 Å². The summed E-state index contributed by atoms with van der Waals surface area (Å²) in [5.41, 5.74) is 0.868. The van der Waals surface area contributed by atoms with Gasteiger partial charge < -0.3 is 9.64 Å². The maximum Gasteiger partial charge on any atom is 0.247 e. The largest absolute Gasteiger partial charge is 0.370 e. The first-order valence-electron chi connectivity index (χ1n) is 7.15. The van der Waals surface area contributed by atoms with Crippen LogP contribution in [0.5, 0.6) is 0 Å². The molecule has 1 fully saturated rings. The van der Waals surface area contributed by atoms with Gasteiger partial charge >= 0.3 is 0 Å². The SMILES string of the molecule is C[C@@H](C(=O)N1CCO[C@H](c2ccc(F)cc2)C1)n1cncn1. The van der Waals surface area contributed by atoms with Gasteiger partial charge in [0, 0.05) is 6.54 Å². The van der Waals surface area contributed by atoms with Gasteiger partial charge in [-0.05, 0) is 24.6 Å². The maximum atomic E-state index is 13.0. The van der Waals surface area contributed by atoms with Crippen LogP contribution in [0.25, 0.3) is 0 Å². The lowest BCUT2D eigenvalue weighted by atomic mass is 10.1. The van der Waals surface area contributed by atoms with E-state index in [0.29, 0.717) is 19.7 Å². The average Bonchev–Trinajstić information content (AvgIpc) is 3.09. The summed E-state index contributed by atoms with van der Waals surface area (Å²) in [6, 6.07) is 5.77. The molecule has 0 saturated carbocycles. The lowest BCUT2D eigenvalue weighted by molar-refractivity contribution is -0.142. The van der Waals surface area contributed by atoms with E-state index in [9.17, 15) is 9.18 Å². The molecule has 0 N–H and O–H groups in total. The lowest BCUT2D eigenvalue weighted by Gasteiger charge is -2.34. The number of hydrogen-bond donors (Lipinski definition) is 0. The van der Waals surface area contributed by atoms with Gasteiger partial charge in [0.25, 0.3) is 0 Å². The van der Waals surface area contributed by atoms with Crippen molar-refractivity contribution in [2.45, 2.75) is 19.1 Å². The number of nitrogens with zero attached hydrogens (tertiary/aromatic N) is 4. The van der Waals surface area contributed by atoms with Gasteiger partial charge in [-0.15, -0.1) is 0 Å². The summed E-state index contributed by atoms with van der Waals surface area (Å²) in [6.45, 7) is 3.23. The van der Waals surface area contributed by atoms with Crippen LogP contribution in [0, 0.1) is 5.82 Å². The molecule has 3 rings (SSSR count). The molecule has 6 nitrogen and oxygen atoms in total. The van der Waals surface area contributed by atoms with E-state index in [-0.39, 0.29) is 17.8 Å². The minimum Gasteiger partial charge on any atom is -0.370 e. The van der Waals surface area contributed by atoms with Crippen LogP contribution in [0.1, 0.15) is 24.6 Å². The maximum absolute atomic E-state index is 13.0. The number of hydrogen-bond acceptors (Lipinski definition) is 4. The second-order valence-electron chi connectivity index (χ2n) is 5.25. The average molecular weight is 304 g/mol. The number of morpholine rings is 1. The minimum atomic E-state index is -0.408. The first-order chi connectivity index (χ1) is 10.6. The molecule has 0 radical (unpaired) electrons. The van der Waals surface area contributed by atoms with Crippen molar-refractivity contribution in [3.8, 4) is 0 Å². The number of benzene rings is 1. The Morgan fingerprint density at radius 3 is 2.86 bits per heavy atom. The fraction of sp³-hybridized carbons (Fsp3) is 0.400. The molecule has 0 aliphatic carbocycles. The Kier molecular flexibility index (Phi) is 4.15. The van der Waals surface area contributed by atoms with Crippen LogP contribution >= 0.6 is 0 Å². The molecular weight excluding hydrogens is 287 g/mol. The van der Waals surface area contributed by atoms with Crippen molar-refractivity contribution < 1.29 is 13.9 Å². The molecule has 1 aromatic heterocycles. The number of halogens is 1. The molecule has 1 saturated heterocycles. The highest BCUT2D eigenvalue weighted by molar-refractivity contribution is 5.80. The zero-order valence-electron chi connectivity index (χ0n) is 12.2. The number of amides is 1. The predicted octanol–water partition coefficient (Wildman–Crippen LogP) is 1.58. The van der Waals surface area contributed by atoms with Gasteiger partial charge in [-0.1, -0.05) is 12.1 Å². The highest BCUT2D eigenvalue weighted by atomic mass is 19.1. The smallest absolute Gasteiger partial charge is 0.247 e. The molecule has 2 atom stereocenters. The van der Waals surface area contributed by atoms with Crippen molar-refractivity contribution >= 4 is 5.91 Å². The highest BCUT2D eigenvalue weighted by Gasteiger charge is 2.29. The Bertz CT molecular complexity index is 630. The van der Waals surface area contributed by atoms with Crippen LogP contribution in [0.2, 0.25) is 0 Å². The van der Waals surface area contributed by atoms with Crippen LogP contribution in [0.3, 0.4) is 0 Å². The van der Waals surface area contributed by atoms with E-state index >= 15 is 0 Å². The van der Waals surface area contributed by atoms with E-state index in [1.807, 2.05) is 0 Å². The summed E-state index contributed by atoms with van der Waals surface area (Å²) in [5, 5.41) is 4.00. The minimum absolute atomic E-state index is 0.0269. The lowest BCUT2D eigenvalue weighted by Crippen LogP contribution is -2.45. The van der Waals surface area contributed by atoms with Crippen LogP contribution < -0.4 is 0 Å². The number of carbonyl (C=O) groups excluding carboxylic acids is 1. The van der Waals surface area contributed by atoms with Gasteiger partial charge in [0.2, 0.25) is 5.91 Å². The summed E-state index contributed by atoms with van der Waals surface area (Å²) in [6.07, 6.45) is 2.70. The summed E-state index contributed by atoms with van der Waals surface area (Å²) in [4.78, 5) is 18.2. The predicted molar refractivity (Wildman–Crippen MR) is 76.4 cm³/mol. The van der Waals surface area contributed by atoms with Crippen LogP contribution in [-0.2, 0) is 9.53 Å². The summed E-state index contributed by atoms with van der Waals surface area (Å²) in [5.74, 6) is -0.312. The topological polar surface area (TPSA) is 60.2 Å². The number of rotatable bonds is 3. The van der Waals surface area contributed by atoms with E-state index in [0.717, 1.165) is 5.56 Å². The first-order valence-corrected chi connectivity index (χ1v) is 7.15. The third-order valence-corrected chi connectivity index (χ3v) is 3.81. The summed E-state index contributed by atoms with van der Waals surface area (Å²) < 4.78 is 20.2. The number of aromatic nitrogens is 3. The highest BCUT2D eigenvalue weighted by Crippen LogP contribution is 2.24. The van der Waals surface area contributed by atoms with Gasteiger partial charge in [-0.25, -0.2) is 14.1 Å². The standard InChI is InChI=1S/C15H17FN4O2/c1-11(20-10-17-9-18-20)15(21)19-6-7-22-14(8-19)12-2-4-13(16)5-3-12/h2-5,9-11,14H,6-8H2,1H3/t11-,14-/m0/s1. The Balaban J connectivity index is 1.70. The molecule has 1 amide bonds. The number of carbonyl (C=O) groups is 1. The molecule has 0 bridgehead atoms. The normalized spacial score (nSPS) is 19.9. The monoisotopic (exact) mass is 304 g/mol. The van der Waals surface area contributed by atoms with Gasteiger partial charge in [0.15, 0.2) is 0 Å². The molecule has 2 heterocycles. The van der Waals surface area contributed by atoms with E-state index in [2.05, 4.69) is 10.1 Å². The second-order valence-corrected chi connectivity index (χ2v) is 5.25. The zero-order valence-corrected chi connectivity index (χ0v) is 12.2. The van der Waals surface area contributed by atoms with E-state index in [4.69, 9.17) is 4.74 Å². The van der Waals surface area contributed by atoms with Crippen LogP contribution in [0.15, 0.2) is 36.9 Å². The molecule has 0 unspecified atom stereocenters. The molecule has 2 aromatic rings. The number of ether oxygens (including phenoxy) is 1. The van der Waals surface area contributed by atoms with E-state index < -0.39 is 6.04 Å². The Hall–Kier alpha value is -2.28. The van der Waals surface area contributed by atoms with Gasteiger partial charge in [0.05, 0.1) is 13.2 Å². The molecular formula is C15H17FN4O2. The Labute approximate surface area is 127 Å². The van der Waals surface area contributed by atoms with Crippen molar-refractivity contribution in [1.82, 2.24) is 19.7 Å². The summed E-state index contributed by atoms with van der Waals surface area (Å²) in [7, 11) is 0. The summed E-state index contributed by atoms with van der Waals surface area (Å²) >= 11 is 0. The Morgan fingerprint density at radius 2 is 2.18 bits per heavy atom. The molecule has 22 heavy (non-hydrogen) atoms. The first kappa shape index (κ1) is 14.6. The van der Waals surface area contributed by atoms with E-state index in [1.54, 1.807) is 24.0 Å². The Morgan fingerprint density at radius 1 is 1.41 bits per heavy atom. The molecule has 7 heteroatoms. The molecule has 1 aromatic carbocycles. The van der Waals surface area contributed by atoms with Crippen LogP contribution in [0.4, 0.5) is 4.39 Å². The van der Waals surface area contributed by atoms with Gasteiger partial charge in [-0.3, -0.25) is 4.79 Å². The van der Waals surface area contributed by atoms with Crippen molar-refractivity contribution in [3.05, 3.63) is 48.3 Å². The zero-order chi connectivity index (χ0) is 15.5. The van der Waals surface area contributed by atoms with Crippen LogP contribution in [-0.4, -0.2) is 45.3 Å². The van der Waals surface area contributed by atoms with Crippen molar-refractivity contribution in [1.29, 1.82) is 0 Å². The van der Waals surface area contributed by atoms with Crippen molar-refractivity contribution in [2.75, 3.05) is 19.7 Å². The molecule has 1 aliphatic rings. The van der Waals surface area contributed by atoms with Crippen molar-refractivity contribution in [2.24, 2.45) is 0 Å². The molecule has 116 valence electrons. The molecule has 1 aliphatic heterocycles. The molecule has 0 spiro atoms. The van der Waals surface area contributed by atoms with Crippen molar-refractivity contribution in [3.63, 3.8) is 0 Å². The fourth-order valence-corrected chi connectivity index (χ4v) is 2.52. The second kappa shape index (κ2) is 6.23. The third kappa shape index (κ3) is 2.99.